The molecule has 1 unspecified atom stereocenters. The molecule has 108 valence electrons. The number of morpholine rings is 1. The molecule has 2 N–H and O–H groups in total. The summed E-state index contributed by atoms with van der Waals surface area (Å²) in [6, 6.07) is 6.05. The fourth-order valence-electron chi connectivity index (χ4n) is 2.41. The Kier molecular flexibility index (Phi) is 3.86. The number of nitrogens with one attached hydrogen (secondary N) is 2. The Bertz CT molecular complexity index is 500. The maximum Gasteiger partial charge on any atom is 0.262 e. The van der Waals surface area contributed by atoms with Crippen molar-refractivity contribution in [2.24, 2.45) is 0 Å². The fourth-order valence-corrected chi connectivity index (χ4v) is 2.41. The molecule has 2 aliphatic heterocycles. The van der Waals surface area contributed by atoms with E-state index in [0.29, 0.717) is 0 Å². The molecule has 1 fully saturated rings. The number of hydrogen-bond acceptors (Lipinski definition) is 5. The van der Waals surface area contributed by atoms with E-state index in [1.54, 1.807) is 0 Å². The molecule has 2 aliphatic rings. The first-order chi connectivity index (χ1) is 9.72. The van der Waals surface area contributed by atoms with Crippen LogP contribution in [-0.4, -0.2) is 43.8 Å². The normalized spacial score (nSPS) is 20.8. The monoisotopic (exact) mass is 277 g/mol. The second-order valence-electron chi connectivity index (χ2n) is 5.04. The van der Waals surface area contributed by atoms with Gasteiger partial charge in [-0.1, -0.05) is 6.07 Å². The summed E-state index contributed by atoms with van der Waals surface area (Å²) < 4.78 is 10.7. The Morgan fingerprint density at radius 1 is 1.35 bits per heavy atom. The Labute approximate surface area is 118 Å². The number of nitrogens with zero attached hydrogens (tertiary/aromatic N) is 1. The summed E-state index contributed by atoms with van der Waals surface area (Å²) in [5.74, 6) is 0.621. The second kappa shape index (κ2) is 5.78. The van der Waals surface area contributed by atoms with Gasteiger partial charge in [-0.2, -0.15) is 0 Å². The molecule has 0 aromatic heterocycles. The first-order valence-corrected chi connectivity index (χ1v) is 6.88. The molecule has 1 amide bonds. The molecule has 1 aromatic carbocycles. The molecule has 1 atom stereocenters. The van der Waals surface area contributed by atoms with E-state index >= 15 is 0 Å². The van der Waals surface area contributed by atoms with Crippen LogP contribution in [0.3, 0.4) is 0 Å². The van der Waals surface area contributed by atoms with Crippen LogP contribution in [0.5, 0.6) is 5.75 Å². The van der Waals surface area contributed by atoms with Crippen LogP contribution in [0.1, 0.15) is 18.5 Å². The van der Waals surface area contributed by atoms with Gasteiger partial charge in [0, 0.05) is 19.1 Å². The molecule has 6 nitrogen and oxygen atoms in total. The van der Waals surface area contributed by atoms with E-state index in [1.807, 2.05) is 18.2 Å². The highest BCUT2D eigenvalue weighted by Gasteiger charge is 2.19. The lowest BCUT2D eigenvalue weighted by Gasteiger charge is -2.30. The Morgan fingerprint density at radius 3 is 2.95 bits per heavy atom. The predicted octanol–water partition coefficient (Wildman–Crippen LogP) is 0.915. The zero-order valence-corrected chi connectivity index (χ0v) is 11.5. The van der Waals surface area contributed by atoms with Crippen molar-refractivity contribution in [2.45, 2.75) is 13.0 Å². The van der Waals surface area contributed by atoms with Crippen LogP contribution in [0.15, 0.2) is 18.2 Å². The molecule has 0 aliphatic carbocycles. The van der Waals surface area contributed by atoms with E-state index in [1.165, 1.54) is 0 Å². The van der Waals surface area contributed by atoms with Crippen molar-refractivity contribution in [3.8, 4) is 5.75 Å². The summed E-state index contributed by atoms with van der Waals surface area (Å²) in [4.78, 5) is 11.3. The lowest BCUT2D eigenvalue weighted by Crippen LogP contribution is -2.46. The number of rotatable bonds is 3. The summed E-state index contributed by atoms with van der Waals surface area (Å²) in [7, 11) is 0. The summed E-state index contributed by atoms with van der Waals surface area (Å²) >= 11 is 0. The molecule has 2 heterocycles. The fraction of sp³-hybridized carbons (Fsp3) is 0.500. The van der Waals surface area contributed by atoms with Crippen molar-refractivity contribution in [3.63, 3.8) is 0 Å². The Balaban J connectivity index is 1.69. The van der Waals surface area contributed by atoms with Crippen LogP contribution in [0.25, 0.3) is 0 Å². The minimum atomic E-state index is -0.108. The molecular weight excluding hydrogens is 258 g/mol. The van der Waals surface area contributed by atoms with Crippen LogP contribution in [0.4, 0.5) is 5.69 Å². The number of hydrogen-bond donors (Lipinski definition) is 2. The second-order valence-corrected chi connectivity index (χ2v) is 5.04. The zero-order valence-electron chi connectivity index (χ0n) is 11.5. The molecule has 20 heavy (non-hydrogen) atoms. The number of amides is 1. The molecule has 1 aromatic rings. The van der Waals surface area contributed by atoms with Crippen LogP contribution < -0.4 is 15.5 Å². The van der Waals surface area contributed by atoms with Crippen molar-refractivity contribution in [1.29, 1.82) is 0 Å². The van der Waals surface area contributed by atoms with Crippen molar-refractivity contribution in [1.82, 2.24) is 10.4 Å². The highest BCUT2D eigenvalue weighted by Crippen LogP contribution is 2.30. The Morgan fingerprint density at radius 2 is 2.15 bits per heavy atom. The number of carbonyl (C=O) groups is 1. The van der Waals surface area contributed by atoms with E-state index in [2.05, 4.69) is 22.7 Å². The van der Waals surface area contributed by atoms with Gasteiger partial charge in [0.1, 0.15) is 5.75 Å². The number of carbonyl (C=O) groups excluding carboxylic acids is 1. The number of ether oxygens (including phenoxy) is 2. The van der Waals surface area contributed by atoms with Gasteiger partial charge in [-0.25, -0.2) is 10.4 Å². The van der Waals surface area contributed by atoms with Crippen LogP contribution in [0.2, 0.25) is 0 Å². The summed E-state index contributed by atoms with van der Waals surface area (Å²) in [6.45, 7) is 5.47. The third kappa shape index (κ3) is 2.92. The molecule has 0 saturated carbocycles. The zero-order chi connectivity index (χ0) is 13.9. The maximum absolute atomic E-state index is 11.3. The molecule has 3 rings (SSSR count). The van der Waals surface area contributed by atoms with E-state index < -0.39 is 0 Å². The van der Waals surface area contributed by atoms with Gasteiger partial charge in [0.25, 0.3) is 5.91 Å². The highest BCUT2D eigenvalue weighted by molar-refractivity contribution is 5.95. The number of hydrazine groups is 1. The number of fused-ring (bicyclic) bond motifs is 1. The minimum Gasteiger partial charge on any atom is -0.482 e. The molecule has 6 heteroatoms. The molecule has 0 spiro atoms. The first kappa shape index (κ1) is 13.4. The SMILES string of the molecule is CC(NN1CCOCC1)c1ccc2c(c1)NC(=O)CO2. The lowest BCUT2D eigenvalue weighted by molar-refractivity contribution is -0.118. The summed E-state index contributed by atoms with van der Waals surface area (Å²) in [6.07, 6.45) is 0. The quantitative estimate of drug-likeness (QED) is 0.860. The van der Waals surface area contributed by atoms with Gasteiger partial charge < -0.3 is 14.8 Å². The van der Waals surface area contributed by atoms with Gasteiger partial charge in [-0.05, 0) is 24.6 Å². The number of benzene rings is 1. The first-order valence-electron chi connectivity index (χ1n) is 6.88. The molecule has 0 bridgehead atoms. The third-order valence-electron chi connectivity index (χ3n) is 3.52. The smallest absolute Gasteiger partial charge is 0.262 e. The standard InChI is InChI=1S/C14H19N3O3/c1-10(16-17-4-6-19-7-5-17)11-2-3-13-12(8-11)15-14(18)9-20-13/h2-3,8,10,16H,4-7,9H2,1H3,(H,15,18). The van der Waals surface area contributed by atoms with Gasteiger partial charge in [0.05, 0.1) is 18.9 Å². The van der Waals surface area contributed by atoms with Gasteiger partial charge in [-0.3, -0.25) is 4.79 Å². The van der Waals surface area contributed by atoms with Crippen LogP contribution >= 0.6 is 0 Å². The van der Waals surface area contributed by atoms with Gasteiger partial charge in [-0.15, -0.1) is 0 Å². The summed E-state index contributed by atoms with van der Waals surface area (Å²) in [5, 5.41) is 5.00. The van der Waals surface area contributed by atoms with E-state index in [9.17, 15) is 4.79 Å². The number of anilines is 1. The van der Waals surface area contributed by atoms with Crippen molar-refractivity contribution < 1.29 is 14.3 Å². The molecular formula is C14H19N3O3. The lowest BCUT2D eigenvalue weighted by atomic mass is 10.1. The Hall–Kier alpha value is -1.63. The van der Waals surface area contributed by atoms with Crippen LogP contribution in [0, 0.1) is 0 Å². The van der Waals surface area contributed by atoms with E-state index in [-0.39, 0.29) is 18.6 Å². The van der Waals surface area contributed by atoms with Gasteiger partial charge >= 0.3 is 0 Å². The van der Waals surface area contributed by atoms with Gasteiger partial charge in [0.2, 0.25) is 0 Å². The summed E-state index contributed by atoms with van der Waals surface area (Å²) in [5.41, 5.74) is 5.31. The van der Waals surface area contributed by atoms with E-state index in [0.717, 1.165) is 43.3 Å². The van der Waals surface area contributed by atoms with Crippen molar-refractivity contribution in [2.75, 3.05) is 38.2 Å². The van der Waals surface area contributed by atoms with E-state index in [4.69, 9.17) is 9.47 Å². The maximum atomic E-state index is 11.3. The highest BCUT2D eigenvalue weighted by atomic mass is 16.5. The average molecular weight is 277 g/mol. The largest absolute Gasteiger partial charge is 0.482 e. The third-order valence-corrected chi connectivity index (χ3v) is 3.52. The van der Waals surface area contributed by atoms with Gasteiger partial charge in [0.15, 0.2) is 6.61 Å². The molecule has 1 saturated heterocycles. The topological polar surface area (TPSA) is 62.8 Å². The van der Waals surface area contributed by atoms with Crippen LogP contribution in [-0.2, 0) is 9.53 Å². The van der Waals surface area contributed by atoms with Crippen molar-refractivity contribution >= 4 is 11.6 Å². The van der Waals surface area contributed by atoms with Crippen molar-refractivity contribution in [3.05, 3.63) is 23.8 Å². The minimum absolute atomic E-state index is 0.0912. The predicted molar refractivity (Wildman–Crippen MR) is 74.5 cm³/mol. The molecule has 0 radical (unpaired) electrons. The average Bonchev–Trinajstić information content (AvgIpc) is 2.47.